The van der Waals surface area contributed by atoms with Crippen LogP contribution in [0.1, 0.15) is 64.7 Å². The third kappa shape index (κ3) is 5.82. The summed E-state index contributed by atoms with van der Waals surface area (Å²) in [5.41, 5.74) is 11.1. The monoisotopic (exact) mass is 549 g/mol. The Morgan fingerprint density at radius 1 is 1.05 bits per heavy atom. The lowest BCUT2D eigenvalue weighted by Crippen LogP contribution is -2.32. The third-order valence-electron chi connectivity index (χ3n) is 8.72. The van der Waals surface area contributed by atoms with Crippen LogP contribution in [0.3, 0.4) is 0 Å². The smallest absolute Gasteiger partial charge is 0.253 e. The number of carbonyl (C=O) groups excluding carboxylic acids is 2. The Morgan fingerprint density at radius 3 is 2.61 bits per heavy atom. The largest absolute Gasteiger partial charge is 0.345 e. The molecule has 0 atom stereocenters. The lowest BCUT2D eigenvalue weighted by Gasteiger charge is -2.30. The molecule has 2 aliphatic rings. The van der Waals surface area contributed by atoms with Crippen molar-refractivity contribution >= 4 is 22.9 Å². The molecule has 212 valence electrons. The first-order valence-corrected chi connectivity index (χ1v) is 14.8. The summed E-state index contributed by atoms with van der Waals surface area (Å²) in [6.45, 7) is 6.85. The van der Waals surface area contributed by atoms with Crippen molar-refractivity contribution in [3.63, 3.8) is 0 Å². The van der Waals surface area contributed by atoms with E-state index in [-0.39, 0.29) is 5.91 Å². The number of hydrogen-bond acceptors (Lipinski definition) is 5. The minimum Gasteiger partial charge on any atom is -0.345 e. The summed E-state index contributed by atoms with van der Waals surface area (Å²) >= 11 is 0. The van der Waals surface area contributed by atoms with Gasteiger partial charge in [0.1, 0.15) is 11.3 Å². The van der Waals surface area contributed by atoms with Crippen molar-refractivity contribution in [3.05, 3.63) is 70.5 Å². The highest BCUT2D eigenvalue weighted by molar-refractivity contribution is 5.97. The zero-order valence-electron chi connectivity index (χ0n) is 24.6. The highest BCUT2D eigenvalue weighted by Crippen LogP contribution is 2.34. The first-order chi connectivity index (χ1) is 19.8. The molecule has 41 heavy (non-hydrogen) atoms. The SMILES string of the molecule is Cc1cc(-c2c[nH]c3ncc(-c4cc(C)c5c(c4)CN(CCC(=O)CCC4CC4)CC5)nc23)ccc1C(=O)N(C)C. The third-order valence-corrected chi connectivity index (χ3v) is 8.72. The van der Waals surface area contributed by atoms with E-state index in [1.165, 1.54) is 29.5 Å². The van der Waals surface area contributed by atoms with Crippen molar-refractivity contribution in [1.29, 1.82) is 0 Å². The van der Waals surface area contributed by atoms with Crippen LogP contribution in [0.4, 0.5) is 0 Å². The quantitative estimate of drug-likeness (QED) is 0.272. The van der Waals surface area contributed by atoms with Gasteiger partial charge in [-0.05, 0) is 78.6 Å². The van der Waals surface area contributed by atoms with Gasteiger partial charge in [0.15, 0.2) is 5.65 Å². The summed E-state index contributed by atoms with van der Waals surface area (Å²) < 4.78 is 0. The van der Waals surface area contributed by atoms with Crippen molar-refractivity contribution < 1.29 is 9.59 Å². The summed E-state index contributed by atoms with van der Waals surface area (Å²) in [5.74, 6) is 1.22. The Bertz CT molecular complexity index is 1630. The number of rotatable bonds is 9. The van der Waals surface area contributed by atoms with Crippen LogP contribution in [0.15, 0.2) is 42.7 Å². The number of H-pyrrole nitrogens is 1. The maximum absolute atomic E-state index is 12.5. The molecule has 0 radical (unpaired) electrons. The predicted octanol–water partition coefficient (Wildman–Crippen LogP) is 6.12. The molecule has 0 unspecified atom stereocenters. The Morgan fingerprint density at radius 2 is 1.85 bits per heavy atom. The molecule has 0 bridgehead atoms. The van der Waals surface area contributed by atoms with Gasteiger partial charge in [0.25, 0.3) is 5.91 Å². The highest BCUT2D eigenvalue weighted by atomic mass is 16.2. The van der Waals surface area contributed by atoms with Crippen LogP contribution >= 0.6 is 0 Å². The zero-order valence-corrected chi connectivity index (χ0v) is 24.6. The fourth-order valence-electron chi connectivity index (χ4n) is 6.06. The van der Waals surface area contributed by atoms with E-state index in [0.29, 0.717) is 17.8 Å². The molecule has 2 aromatic heterocycles. The first-order valence-electron chi connectivity index (χ1n) is 14.8. The number of nitrogens with one attached hydrogen (secondary N) is 1. The van der Waals surface area contributed by atoms with Gasteiger partial charge in [-0.25, -0.2) is 9.97 Å². The van der Waals surface area contributed by atoms with Crippen molar-refractivity contribution in [2.45, 2.75) is 58.9 Å². The van der Waals surface area contributed by atoms with Gasteiger partial charge in [-0.1, -0.05) is 25.0 Å². The van der Waals surface area contributed by atoms with E-state index in [2.05, 4.69) is 28.9 Å². The van der Waals surface area contributed by atoms with Crippen molar-refractivity contribution in [2.75, 3.05) is 27.2 Å². The number of benzene rings is 2. The van der Waals surface area contributed by atoms with E-state index in [9.17, 15) is 9.59 Å². The molecule has 4 aromatic rings. The van der Waals surface area contributed by atoms with Crippen LogP contribution in [-0.4, -0.2) is 63.6 Å². The van der Waals surface area contributed by atoms with Gasteiger partial charge in [-0.2, -0.15) is 0 Å². The molecule has 1 saturated carbocycles. The fraction of sp³-hybridized carbons (Fsp3) is 0.412. The molecular weight excluding hydrogens is 510 g/mol. The van der Waals surface area contributed by atoms with Gasteiger partial charge in [0, 0.05) is 69.5 Å². The minimum absolute atomic E-state index is 0.00317. The molecule has 0 spiro atoms. The van der Waals surface area contributed by atoms with Crippen LogP contribution in [0.2, 0.25) is 0 Å². The summed E-state index contributed by atoms with van der Waals surface area (Å²) in [7, 11) is 3.54. The number of nitrogens with zero attached hydrogens (tertiary/aromatic N) is 4. The second-order valence-electron chi connectivity index (χ2n) is 12.1. The highest BCUT2D eigenvalue weighted by Gasteiger charge is 2.23. The fourth-order valence-corrected chi connectivity index (χ4v) is 6.06. The number of aromatic amines is 1. The molecule has 1 N–H and O–H groups in total. The second kappa shape index (κ2) is 11.2. The molecule has 1 aliphatic carbocycles. The van der Waals surface area contributed by atoms with E-state index >= 15 is 0 Å². The summed E-state index contributed by atoms with van der Waals surface area (Å²) in [6.07, 6.45) is 9.90. The van der Waals surface area contributed by atoms with Crippen LogP contribution in [0.5, 0.6) is 0 Å². The van der Waals surface area contributed by atoms with Crippen LogP contribution in [0, 0.1) is 19.8 Å². The van der Waals surface area contributed by atoms with Crippen molar-refractivity contribution in [1.82, 2.24) is 24.8 Å². The standard InChI is InChI=1S/C34H39N5O2/c1-21-16-25(17-26-20-39(14-12-28(21)26)13-11-27(40)9-7-23-5-6-23)31-19-36-33-32(37-31)30(18-35-33)24-8-10-29(22(2)15-24)34(41)38(3)4/h8,10,15-19,23H,5-7,9,11-14,20H2,1-4H3,(H,35,36). The second-order valence-corrected chi connectivity index (χ2v) is 12.1. The average Bonchev–Trinajstić information content (AvgIpc) is 3.70. The molecular formula is C34H39N5O2. The average molecular weight is 550 g/mol. The van der Waals surface area contributed by atoms with Crippen LogP contribution in [-0.2, 0) is 17.8 Å². The van der Waals surface area contributed by atoms with E-state index in [1.54, 1.807) is 19.0 Å². The molecule has 7 heteroatoms. The normalized spacial score (nSPS) is 15.2. The van der Waals surface area contributed by atoms with Crippen molar-refractivity contribution in [3.8, 4) is 22.4 Å². The number of amides is 1. The van der Waals surface area contributed by atoms with Gasteiger partial charge >= 0.3 is 0 Å². The summed E-state index contributed by atoms with van der Waals surface area (Å²) in [6, 6.07) is 10.4. The maximum Gasteiger partial charge on any atom is 0.253 e. The van der Waals surface area contributed by atoms with E-state index in [1.807, 2.05) is 37.5 Å². The molecule has 2 aromatic carbocycles. The van der Waals surface area contributed by atoms with E-state index in [4.69, 9.17) is 9.97 Å². The van der Waals surface area contributed by atoms with Gasteiger partial charge in [-0.3, -0.25) is 14.5 Å². The summed E-state index contributed by atoms with van der Waals surface area (Å²) in [5, 5.41) is 0. The topological polar surface area (TPSA) is 82.2 Å². The molecule has 0 saturated heterocycles. The number of carbonyl (C=O) groups is 2. The Labute approximate surface area is 242 Å². The number of aromatic nitrogens is 3. The predicted molar refractivity (Wildman–Crippen MR) is 163 cm³/mol. The van der Waals surface area contributed by atoms with E-state index in [0.717, 1.165) is 83.9 Å². The van der Waals surface area contributed by atoms with Crippen molar-refractivity contribution in [2.24, 2.45) is 5.92 Å². The van der Waals surface area contributed by atoms with Gasteiger partial charge in [0.2, 0.25) is 0 Å². The van der Waals surface area contributed by atoms with Crippen LogP contribution < -0.4 is 0 Å². The number of aryl methyl sites for hydroxylation is 2. The molecule has 6 rings (SSSR count). The number of fused-ring (bicyclic) bond motifs is 2. The molecule has 3 heterocycles. The minimum atomic E-state index is -0.00317. The Kier molecular flexibility index (Phi) is 7.47. The molecule has 1 amide bonds. The molecule has 1 fully saturated rings. The lowest BCUT2D eigenvalue weighted by molar-refractivity contribution is -0.119. The first kappa shape index (κ1) is 27.3. The van der Waals surface area contributed by atoms with Gasteiger partial charge < -0.3 is 9.88 Å². The Hall–Kier alpha value is -3.84. The molecule has 7 nitrogen and oxygen atoms in total. The maximum atomic E-state index is 12.5. The van der Waals surface area contributed by atoms with Gasteiger partial charge in [0.05, 0.1) is 11.9 Å². The molecule has 1 aliphatic heterocycles. The summed E-state index contributed by atoms with van der Waals surface area (Å²) in [4.78, 5) is 42.0. The van der Waals surface area contributed by atoms with Crippen LogP contribution in [0.25, 0.3) is 33.5 Å². The number of ketones is 1. The number of Topliss-reactive ketones (excluding diaryl/α,β-unsaturated/α-hetero) is 1. The number of hydrogen-bond donors (Lipinski definition) is 1. The zero-order chi connectivity index (χ0) is 28.7. The lowest BCUT2D eigenvalue weighted by atomic mass is 9.92. The Balaban J connectivity index is 1.24. The van der Waals surface area contributed by atoms with Gasteiger partial charge in [-0.15, -0.1) is 0 Å². The van der Waals surface area contributed by atoms with E-state index < -0.39 is 0 Å².